The van der Waals surface area contributed by atoms with Gasteiger partial charge in [-0.2, -0.15) is 0 Å². The van der Waals surface area contributed by atoms with Crippen LogP contribution in [0.2, 0.25) is 10.0 Å². The summed E-state index contributed by atoms with van der Waals surface area (Å²) in [6.45, 7) is 0.678. The third kappa shape index (κ3) is 4.12. The summed E-state index contributed by atoms with van der Waals surface area (Å²) in [4.78, 5) is 0. The Morgan fingerprint density at radius 2 is 1.96 bits per heavy atom. The monoisotopic (exact) mass is 369 g/mol. The Hall–Kier alpha value is -1.49. The quantitative estimate of drug-likeness (QED) is 0.746. The molecule has 3 nitrogen and oxygen atoms in total. The fourth-order valence-electron chi connectivity index (χ4n) is 2.35. The van der Waals surface area contributed by atoms with Gasteiger partial charge in [-0.1, -0.05) is 29.3 Å². The molecular weight excluding hydrogens is 352 g/mol. The first-order valence-corrected chi connectivity index (χ1v) is 8.49. The summed E-state index contributed by atoms with van der Waals surface area (Å²) in [6, 6.07) is 8.66. The van der Waals surface area contributed by atoms with Crippen LogP contribution in [0.1, 0.15) is 24.0 Å². The first-order valence-electron chi connectivity index (χ1n) is 7.74. The molecule has 0 spiro atoms. The largest absolute Gasteiger partial charge is 0.493 e. The molecule has 0 heterocycles. The van der Waals surface area contributed by atoms with Gasteiger partial charge in [0.2, 0.25) is 0 Å². The Bertz CT molecular complexity index is 715. The molecule has 0 bridgehead atoms. The van der Waals surface area contributed by atoms with Crippen molar-refractivity contribution >= 4 is 23.2 Å². The lowest BCUT2D eigenvalue weighted by molar-refractivity contribution is 0.279. The van der Waals surface area contributed by atoms with E-state index in [1.165, 1.54) is 18.9 Å². The lowest BCUT2D eigenvalue weighted by Gasteiger charge is -2.15. The van der Waals surface area contributed by atoms with Crippen molar-refractivity contribution in [2.45, 2.75) is 32.0 Å². The average Bonchev–Trinajstić information content (AvgIpc) is 3.38. The highest BCUT2D eigenvalue weighted by atomic mass is 35.5. The smallest absolute Gasteiger partial charge is 0.163 e. The normalized spacial score (nSPS) is 13.8. The van der Waals surface area contributed by atoms with Crippen LogP contribution in [0.3, 0.4) is 0 Å². The zero-order valence-electron chi connectivity index (χ0n) is 13.2. The predicted molar refractivity (Wildman–Crippen MR) is 93.6 cm³/mol. The third-order valence-electron chi connectivity index (χ3n) is 3.92. The van der Waals surface area contributed by atoms with Gasteiger partial charge in [-0.25, -0.2) is 4.39 Å². The fraction of sp³-hybridized carbons (Fsp3) is 0.333. The molecule has 0 aromatic heterocycles. The van der Waals surface area contributed by atoms with Gasteiger partial charge < -0.3 is 14.8 Å². The summed E-state index contributed by atoms with van der Waals surface area (Å²) >= 11 is 12.3. The van der Waals surface area contributed by atoms with Crippen molar-refractivity contribution in [3.05, 3.63) is 57.3 Å². The molecule has 0 aliphatic heterocycles. The van der Waals surface area contributed by atoms with Gasteiger partial charge in [-0.3, -0.25) is 0 Å². The molecule has 1 N–H and O–H groups in total. The number of ether oxygens (including phenoxy) is 2. The molecule has 0 unspecified atom stereocenters. The second-order valence-corrected chi connectivity index (χ2v) is 6.55. The number of rotatable bonds is 7. The maximum absolute atomic E-state index is 13.8. The summed E-state index contributed by atoms with van der Waals surface area (Å²) in [7, 11) is 1.56. The fourth-order valence-corrected chi connectivity index (χ4v) is 2.78. The molecule has 1 fully saturated rings. The summed E-state index contributed by atoms with van der Waals surface area (Å²) in [5.74, 6) is 0.606. The molecular formula is C18H18Cl2FNO2. The van der Waals surface area contributed by atoms with Gasteiger partial charge in [-0.15, -0.1) is 0 Å². The number of halogens is 3. The molecule has 0 atom stereocenters. The van der Waals surface area contributed by atoms with Crippen LogP contribution in [0.15, 0.2) is 30.3 Å². The van der Waals surface area contributed by atoms with Crippen LogP contribution in [0.25, 0.3) is 0 Å². The van der Waals surface area contributed by atoms with E-state index >= 15 is 0 Å². The van der Waals surface area contributed by atoms with Gasteiger partial charge in [0.05, 0.1) is 12.1 Å². The summed E-state index contributed by atoms with van der Waals surface area (Å²) in [5.41, 5.74) is 1.24. The van der Waals surface area contributed by atoms with E-state index in [9.17, 15) is 4.39 Å². The Kier molecular flexibility index (Phi) is 5.49. The minimum absolute atomic E-state index is 0.00212. The molecule has 1 aliphatic rings. The van der Waals surface area contributed by atoms with Gasteiger partial charge in [0.15, 0.2) is 11.5 Å². The van der Waals surface area contributed by atoms with Crippen molar-refractivity contribution in [3.8, 4) is 11.5 Å². The molecule has 6 heteroatoms. The maximum Gasteiger partial charge on any atom is 0.163 e. The minimum Gasteiger partial charge on any atom is -0.493 e. The van der Waals surface area contributed by atoms with Crippen molar-refractivity contribution in [2.75, 3.05) is 7.11 Å². The topological polar surface area (TPSA) is 30.5 Å². The van der Waals surface area contributed by atoms with Gasteiger partial charge in [0, 0.05) is 29.2 Å². The van der Waals surface area contributed by atoms with Crippen LogP contribution < -0.4 is 14.8 Å². The van der Waals surface area contributed by atoms with Crippen molar-refractivity contribution in [2.24, 2.45) is 0 Å². The van der Waals surface area contributed by atoms with E-state index < -0.39 is 5.82 Å². The third-order valence-corrected chi connectivity index (χ3v) is 4.63. The van der Waals surface area contributed by atoms with Crippen molar-refractivity contribution in [1.82, 2.24) is 5.32 Å². The van der Waals surface area contributed by atoms with Crippen LogP contribution in [0, 0.1) is 5.82 Å². The highest BCUT2D eigenvalue weighted by molar-refractivity contribution is 6.31. The van der Waals surface area contributed by atoms with E-state index in [2.05, 4.69) is 5.32 Å². The number of hydrogen-bond acceptors (Lipinski definition) is 3. The van der Waals surface area contributed by atoms with E-state index in [1.54, 1.807) is 25.3 Å². The Labute approximate surface area is 150 Å². The molecule has 2 aromatic carbocycles. The first-order chi connectivity index (χ1) is 11.6. The van der Waals surface area contributed by atoms with Crippen molar-refractivity contribution < 1.29 is 13.9 Å². The predicted octanol–water partition coefficient (Wildman–Crippen LogP) is 4.97. The van der Waals surface area contributed by atoms with Crippen LogP contribution in [-0.4, -0.2) is 13.2 Å². The first kappa shape index (κ1) is 17.3. The molecule has 0 radical (unpaired) electrons. The highest BCUT2D eigenvalue weighted by Gasteiger charge is 2.21. The summed E-state index contributed by atoms with van der Waals surface area (Å²) in [5, 5.41) is 4.32. The second-order valence-electron chi connectivity index (χ2n) is 5.74. The van der Waals surface area contributed by atoms with Crippen molar-refractivity contribution in [1.29, 1.82) is 0 Å². The Morgan fingerprint density at radius 3 is 2.62 bits per heavy atom. The molecule has 1 saturated carbocycles. The number of benzene rings is 2. The van der Waals surface area contributed by atoms with Gasteiger partial charge in [0.1, 0.15) is 12.4 Å². The molecule has 24 heavy (non-hydrogen) atoms. The van der Waals surface area contributed by atoms with Crippen LogP contribution in [0.4, 0.5) is 4.39 Å². The Morgan fingerprint density at radius 1 is 1.17 bits per heavy atom. The maximum atomic E-state index is 13.8. The summed E-state index contributed by atoms with van der Waals surface area (Å²) in [6.07, 6.45) is 2.42. The average molecular weight is 370 g/mol. The van der Waals surface area contributed by atoms with Crippen LogP contribution in [0.5, 0.6) is 11.5 Å². The number of hydrogen-bond donors (Lipinski definition) is 1. The second kappa shape index (κ2) is 7.60. The van der Waals surface area contributed by atoms with E-state index in [0.29, 0.717) is 39.7 Å². The zero-order chi connectivity index (χ0) is 17.1. The van der Waals surface area contributed by atoms with Crippen molar-refractivity contribution in [3.63, 3.8) is 0 Å². The molecule has 3 rings (SSSR count). The standard InChI is InChI=1S/C18H18Cl2FNO2/c1-23-17-7-11(9-22-12-5-6-12)15(20)8-18(17)24-10-13-14(19)3-2-4-16(13)21/h2-4,7-8,12,22H,5-6,9-10H2,1H3. The Balaban J connectivity index is 1.75. The van der Waals surface area contributed by atoms with Gasteiger partial charge in [0.25, 0.3) is 0 Å². The lowest BCUT2D eigenvalue weighted by atomic mass is 10.2. The highest BCUT2D eigenvalue weighted by Crippen LogP contribution is 2.35. The van der Waals surface area contributed by atoms with E-state index in [-0.39, 0.29) is 6.61 Å². The molecule has 128 valence electrons. The molecule has 0 amide bonds. The molecule has 2 aromatic rings. The SMILES string of the molecule is COc1cc(CNC2CC2)c(Cl)cc1OCc1c(F)cccc1Cl. The number of methoxy groups -OCH3 is 1. The van der Waals surface area contributed by atoms with Crippen LogP contribution in [-0.2, 0) is 13.2 Å². The van der Waals surface area contributed by atoms with Gasteiger partial charge >= 0.3 is 0 Å². The molecule has 1 aliphatic carbocycles. The zero-order valence-corrected chi connectivity index (χ0v) is 14.8. The van der Waals surface area contributed by atoms with E-state index in [4.69, 9.17) is 32.7 Å². The van der Waals surface area contributed by atoms with Gasteiger partial charge in [-0.05, 0) is 36.6 Å². The van der Waals surface area contributed by atoms with E-state index in [0.717, 1.165) is 5.56 Å². The van der Waals surface area contributed by atoms with E-state index in [1.807, 2.05) is 6.07 Å². The molecule has 0 saturated heterocycles. The minimum atomic E-state index is -0.405. The van der Waals surface area contributed by atoms with Crippen LogP contribution >= 0.6 is 23.2 Å². The number of nitrogens with one attached hydrogen (secondary N) is 1. The summed E-state index contributed by atoms with van der Waals surface area (Å²) < 4.78 is 24.9. The lowest BCUT2D eigenvalue weighted by Crippen LogP contribution is -2.15.